The number of aliphatic imine (C=N–C) groups is 1. The fourth-order valence-corrected chi connectivity index (χ4v) is 2.29. The van der Waals surface area contributed by atoms with Crippen molar-refractivity contribution in [1.29, 1.82) is 0 Å². The van der Waals surface area contributed by atoms with E-state index >= 15 is 0 Å². The van der Waals surface area contributed by atoms with Gasteiger partial charge in [-0.25, -0.2) is 4.99 Å². The van der Waals surface area contributed by atoms with Crippen LogP contribution in [0, 0.1) is 0 Å². The van der Waals surface area contributed by atoms with Gasteiger partial charge in [0.1, 0.15) is 0 Å². The molecule has 2 N–H and O–H groups in total. The van der Waals surface area contributed by atoms with Crippen LogP contribution in [0.1, 0.15) is 17.5 Å². The van der Waals surface area contributed by atoms with E-state index in [0.717, 1.165) is 24.7 Å². The molecule has 0 saturated carbocycles. The lowest BCUT2D eigenvalue weighted by Crippen LogP contribution is -2.36. The van der Waals surface area contributed by atoms with Gasteiger partial charge in [-0.2, -0.15) is 5.10 Å². The Bertz CT molecular complexity index is 521. The molecule has 0 aliphatic rings. The number of nitrogens with one attached hydrogen (secondary N) is 2. The highest BCUT2D eigenvalue weighted by molar-refractivity contribution is 14.0. The number of halogens is 1. The van der Waals surface area contributed by atoms with E-state index in [4.69, 9.17) is 0 Å². The predicted molar refractivity (Wildman–Crippen MR) is 94.6 cm³/mol. The third-order valence-corrected chi connectivity index (χ3v) is 3.55. The highest BCUT2D eigenvalue weighted by Gasteiger charge is 2.01. The maximum atomic E-state index is 4.55. The molecule has 0 spiro atoms. The number of aromatic nitrogens is 2. The normalized spacial score (nSPS) is 11.0. The van der Waals surface area contributed by atoms with Crippen molar-refractivity contribution in [3.8, 4) is 0 Å². The third kappa shape index (κ3) is 5.12. The Balaban J connectivity index is 0.00000200. The summed E-state index contributed by atoms with van der Waals surface area (Å²) in [6.07, 6.45) is 1.79. The second kappa shape index (κ2) is 8.96. The second-order valence-electron chi connectivity index (χ2n) is 4.07. The van der Waals surface area contributed by atoms with E-state index in [1.165, 1.54) is 4.88 Å². The van der Waals surface area contributed by atoms with Crippen molar-refractivity contribution in [1.82, 2.24) is 20.4 Å². The van der Waals surface area contributed by atoms with Gasteiger partial charge in [-0.05, 0) is 24.4 Å². The smallest absolute Gasteiger partial charge is 0.191 e. The Hall–Kier alpha value is -1.09. The fourth-order valence-electron chi connectivity index (χ4n) is 1.64. The monoisotopic (exact) mass is 405 g/mol. The second-order valence-corrected chi connectivity index (χ2v) is 5.11. The highest BCUT2D eigenvalue weighted by atomic mass is 127. The first-order valence-electron chi connectivity index (χ1n) is 6.31. The first-order chi connectivity index (χ1) is 9.29. The Labute approximate surface area is 140 Å². The molecule has 0 unspecified atom stereocenters. The van der Waals surface area contributed by atoms with Crippen molar-refractivity contribution in [2.75, 3.05) is 6.54 Å². The van der Waals surface area contributed by atoms with Crippen molar-refractivity contribution in [3.63, 3.8) is 0 Å². The van der Waals surface area contributed by atoms with Gasteiger partial charge in [0.25, 0.3) is 0 Å². The molecule has 5 nitrogen and oxygen atoms in total. The van der Waals surface area contributed by atoms with Crippen LogP contribution in [0.5, 0.6) is 0 Å². The molecule has 0 bridgehead atoms. The zero-order valence-corrected chi connectivity index (χ0v) is 14.8. The zero-order valence-electron chi connectivity index (χ0n) is 11.7. The summed E-state index contributed by atoms with van der Waals surface area (Å²) < 4.78 is 1.84. The van der Waals surface area contributed by atoms with Crippen LogP contribution in [-0.4, -0.2) is 22.3 Å². The van der Waals surface area contributed by atoms with Gasteiger partial charge in [-0.3, -0.25) is 4.68 Å². The van der Waals surface area contributed by atoms with Gasteiger partial charge >= 0.3 is 0 Å². The van der Waals surface area contributed by atoms with Crippen molar-refractivity contribution in [2.24, 2.45) is 12.0 Å². The largest absolute Gasteiger partial charge is 0.357 e. The van der Waals surface area contributed by atoms with E-state index < -0.39 is 0 Å². The molecular formula is C13H20IN5S. The van der Waals surface area contributed by atoms with Gasteiger partial charge in [0, 0.05) is 24.7 Å². The van der Waals surface area contributed by atoms with Crippen LogP contribution in [0.15, 0.2) is 34.8 Å². The van der Waals surface area contributed by atoms with Gasteiger partial charge < -0.3 is 10.6 Å². The lowest BCUT2D eigenvalue weighted by molar-refractivity contribution is 0.707. The molecule has 0 fully saturated rings. The molecule has 0 amide bonds. The van der Waals surface area contributed by atoms with Crippen molar-refractivity contribution in [2.45, 2.75) is 20.0 Å². The molecule has 0 aliphatic carbocycles. The molecule has 20 heavy (non-hydrogen) atoms. The molecular weight excluding hydrogens is 385 g/mol. The maximum Gasteiger partial charge on any atom is 0.191 e. The molecule has 2 rings (SSSR count). The molecule has 2 aromatic heterocycles. The topological polar surface area (TPSA) is 54.2 Å². The fraction of sp³-hybridized carbons (Fsp3) is 0.385. The molecule has 0 atom stereocenters. The van der Waals surface area contributed by atoms with E-state index in [0.29, 0.717) is 6.54 Å². The van der Waals surface area contributed by atoms with Crippen molar-refractivity contribution < 1.29 is 0 Å². The molecule has 0 aromatic carbocycles. The van der Waals surface area contributed by atoms with Crippen LogP contribution in [0.2, 0.25) is 0 Å². The van der Waals surface area contributed by atoms with E-state index in [1.54, 1.807) is 17.5 Å². The minimum absolute atomic E-state index is 0. The van der Waals surface area contributed by atoms with Crippen LogP contribution in [0.4, 0.5) is 0 Å². The third-order valence-electron chi connectivity index (χ3n) is 2.68. The number of hydrogen-bond acceptors (Lipinski definition) is 3. The summed E-state index contributed by atoms with van der Waals surface area (Å²) in [6, 6.07) is 6.15. The summed E-state index contributed by atoms with van der Waals surface area (Å²) >= 11 is 1.74. The maximum absolute atomic E-state index is 4.55. The summed E-state index contributed by atoms with van der Waals surface area (Å²) in [6.45, 7) is 4.33. The number of aryl methyl sites for hydroxylation is 1. The van der Waals surface area contributed by atoms with E-state index in [2.05, 4.69) is 45.2 Å². The lowest BCUT2D eigenvalue weighted by atomic mass is 10.4. The number of nitrogens with zero attached hydrogens (tertiary/aromatic N) is 3. The molecule has 110 valence electrons. The number of thiophene rings is 1. The summed E-state index contributed by atoms with van der Waals surface area (Å²) in [5.74, 6) is 0.831. The summed E-state index contributed by atoms with van der Waals surface area (Å²) in [4.78, 5) is 5.85. The zero-order chi connectivity index (χ0) is 13.5. The molecule has 2 heterocycles. The van der Waals surface area contributed by atoms with E-state index in [-0.39, 0.29) is 24.0 Å². The van der Waals surface area contributed by atoms with Crippen molar-refractivity contribution in [3.05, 3.63) is 40.3 Å². The van der Waals surface area contributed by atoms with Gasteiger partial charge in [0.2, 0.25) is 0 Å². The predicted octanol–water partition coefficient (Wildman–Crippen LogP) is 2.35. The van der Waals surface area contributed by atoms with Gasteiger partial charge in [0.15, 0.2) is 5.96 Å². The average Bonchev–Trinajstić information content (AvgIpc) is 3.04. The average molecular weight is 405 g/mol. The Morgan fingerprint density at radius 3 is 2.85 bits per heavy atom. The minimum Gasteiger partial charge on any atom is -0.357 e. The Kier molecular flexibility index (Phi) is 7.60. The summed E-state index contributed by atoms with van der Waals surface area (Å²) in [5.41, 5.74) is 1.09. The van der Waals surface area contributed by atoms with Crippen LogP contribution < -0.4 is 10.6 Å². The van der Waals surface area contributed by atoms with Crippen LogP contribution >= 0.6 is 35.3 Å². The molecule has 7 heteroatoms. The number of rotatable bonds is 5. The number of hydrogen-bond donors (Lipinski definition) is 2. The molecule has 0 radical (unpaired) electrons. The number of guanidine groups is 1. The first kappa shape index (κ1) is 17.0. The summed E-state index contributed by atoms with van der Waals surface area (Å²) in [5, 5.41) is 12.8. The molecule has 0 aliphatic heterocycles. The van der Waals surface area contributed by atoms with Crippen LogP contribution in [0.3, 0.4) is 0 Å². The molecule has 2 aromatic rings. The van der Waals surface area contributed by atoms with Gasteiger partial charge in [-0.15, -0.1) is 35.3 Å². The Morgan fingerprint density at radius 2 is 2.25 bits per heavy atom. The highest BCUT2D eigenvalue weighted by Crippen LogP contribution is 2.07. The Morgan fingerprint density at radius 1 is 1.40 bits per heavy atom. The quantitative estimate of drug-likeness (QED) is 0.456. The van der Waals surface area contributed by atoms with Gasteiger partial charge in [-0.1, -0.05) is 6.07 Å². The lowest BCUT2D eigenvalue weighted by Gasteiger charge is -2.10. The first-order valence-corrected chi connectivity index (χ1v) is 7.19. The minimum atomic E-state index is 0. The SMILES string of the molecule is CCNC(=NCc1ccnn1C)NCc1cccs1.I. The van der Waals surface area contributed by atoms with Crippen LogP contribution in [-0.2, 0) is 20.1 Å². The van der Waals surface area contributed by atoms with Crippen LogP contribution in [0.25, 0.3) is 0 Å². The van der Waals surface area contributed by atoms with Crippen molar-refractivity contribution >= 4 is 41.3 Å². The van der Waals surface area contributed by atoms with E-state index in [9.17, 15) is 0 Å². The summed E-state index contributed by atoms with van der Waals surface area (Å²) in [7, 11) is 1.93. The van der Waals surface area contributed by atoms with Gasteiger partial charge in [0.05, 0.1) is 18.8 Å². The van der Waals surface area contributed by atoms with E-state index in [1.807, 2.05) is 17.8 Å². The molecule has 0 saturated heterocycles. The standard InChI is InChI=1S/C13H19N5S.HI/c1-3-14-13(16-10-12-5-4-8-19-12)15-9-11-6-7-17-18(11)2;/h4-8H,3,9-10H2,1-2H3,(H2,14,15,16);1H.